The number of methoxy groups -OCH3 is 1. The van der Waals surface area contributed by atoms with Gasteiger partial charge in [0.25, 0.3) is 0 Å². The Labute approximate surface area is 223 Å². The minimum Gasteiger partial charge on any atom is -0.507 e. The first-order valence-corrected chi connectivity index (χ1v) is 12.6. The number of Topliss-reactive ketones (excluding diaryl/α,β-unsaturated/α-hetero) is 2. The predicted molar refractivity (Wildman–Crippen MR) is 135 cm³/mol. The van der Waals surface area contributed by atoms with Crippen molar-refractivity contribution in [3.63, 3.8) is 0 Å². The van der Waals surface area contributed by atoms with Gasteiger partial charge in [-0.3, -0.25) is 9.59 Å². The summed E-state index contributed by atoms with van der Waals surface area (Å²) in [7, 11) is 1.15. The summed E-state index contributed by atoms with van der Waals surface area (Å²) in [6.07, 6.45) is -11.0. The maximum atomic E-state index is 13.3. The number of hydrogen-bond acceptors (Lipinski definition) is 12. The van der Waals surface area contributed by atoms with Crippen molar-refractivity contribution in [3.05, 3.63) is 28.3 Å². The second-order valence-electron chi connectivity index (χ2n) is 10.5. The fourth-order valence-electron chi connectivity index (χ4n) is 5.71. The summed E-state index contributed by atoms with van der Waals surface area (Å²) < 4.78 is 11.1. The Kier molecular flexibility index (Phi) is 7.94. The van der Waals surface area contributed by atoms with Crippen molar-refractivity contribution in [2.75, 3.05) is 7.11 Å². The van der Waals surface area contributed by atoms with Gasteiger partial charge in [-0.25, -0.2) is 0 Å². The molecule has 0 aromatic heterocycles. The molecule has 12 heteroatoms. The summed E-state index contributed by atoms with van der Waals surface area (Å²) in [6, 6.07) is 1.42. The average molecular weight is 551 g/mol. The Morgan fingerprint density at radius 1 is 1.10 bits per heavy atom. The van der Waals surface area contributed by atoms with E-state index in [4.69, 9.17) is 9.47 Å². The maximum absolute atomic E-state index is 13.3. The molecule has 9 atom stereocenters. The van der Waals surface area contributed by atoms with Crippen LogP contribution in [0, 0.1) is 12.8 Å². The second-order valence-corrected chi connectivity index (χ2v) is 10.5. The zero-order valence-corrected chi connectivity index (χ0v) is 21.9. The number of ether oxygens (including phenoxy) is 2. The molecular formula is C27H34O12. The lowest BCUT2D eigenvalue weighted by Crippen LogP contribution is -2.50. The normalized spacial score (nSPS) is 29.6. The summed E-state index contributed by atoms with van der Waals surface area (Å²) in [4.78, 5) is 26.1. The second kappa shape index (κ2) is 10.6. The lowest BCUT2D eigenvalue weighted by molar-refractivity contribution is -0.163. The smallest absolute Gasteiger partial charge is 0.195 e. The number of aliphatic hydroxyl groups excluding tert-OH is 5. The third kappa shape index (κ3) is 4.65. The van der Waals surface area contributed by atoms with Gasteiger partial charge in [0.1, 0.15) is 41.7 Å². The molecule has 0 saturated carbocycles. The van der Waals surface area contributed by atoms with Crippen molar-refractivity contribution in [2.24, 2.45) is 5.92 Å². The Morgan fingerprint density at radius 3 is 2.31 bits per heavy atom. The molecule has 12 nitrogen and oxygen atoms in total. The van der Waals surface area contributed by atoms with E-state index in [2.05, 4.69) is 0 Å². The van der Waals surface area contributed by atoms with Gasteiger partial charge >= 0.3 is 0 Å². The molecule has 214 valence electrons. The summed E-state index contributed by atoms with van der Waals surface area (Å²) >= 11 is 0. The number of hydrogen-bond donors (Lipinski definition) is 8. The highest BCUT2D eigenvalue weighted by molar-refractivity contribution is 6.12. The topological polar surface area (TPSA) is 214 Å². The molecule has 39 heavy (non-hydrogen) atoms. The number of aromatic hydroxyl groups is 3. The maximum Gasteiger partial charge on any atom is 0.195 e. The molecule has 1 aliphatic carbocycles. The van der Waals surface area contributed by atoms with Crippen molar-refractivity contribution < 1.29 is 59.9 Å². The first-order valence-electron chi connectivity index (χ1n) is 12.6. The molecule has 4 rings (SSSR count). The van der Waals surface area contributed by atoms with Crippen molar-refractivity contribution >= 4 is 22.3 Å². The number of carbonyl (C=O) groups is 2. The van der Waals surface area contributed by atoms with Crippen LogP contribution in [0.5, 0.6) is 17.2 Å². The first kappa shape index (κ1) is 29.2. The molecular weight excluding hydrogens is 516 g/mol. The molecule has 2 aliphatic rings. The Hall–Kier alpha value is -2.84. The van der Waals surface area contributed by atoms with E-state index in [-0.39, 0.29) is 51.6 Å². The number of ketones is 2. The van der Waals surface area contributed by atoms with E-state index < -0.39 is 77.8 Å². The summed E-state index contributed by atoms with van der Waals surface area (Å²) in [5.74, 6) is -4.63. The fourth-order valence-corrected chi connectivity index (χ4v) is 5.71. The fraction of sp³-hybridized carbons (Fsp3) is 0.556. The summed E-state index contributed by atoms with van der Waals surface area (Å²) in [5, 5.41) is 84.1. The monoisotopic (exact) mass is 550 g/mol. The third-order valence-electron chi connectivity index (χ3n) is 7.95. The first-order chi connectivity index (χ1) is 18.2. The van der Waals surface area contributed by atoms with Crippen molar-refractivity contribution in [2.45, 2.75) is 82.4 Å². The van der Waals surface area contributed by atoms with E-state index in [1.54, 1.807) is 6.92 Å². The number of rotatable bonds is 6. The molecule has 1 fully saturated rings. The van der Waals surface area contributed by atoms with Crippen molar-refractivity contribution in [3.8, 4) is 17.2 Å². The summed E-state index contributed by atoms with van der Waals surface area (Å²) in [5.41, 5.74) is -0.0435. The number of phenolic OH excluding ortho intramolecular Hbond substituents is 3. The molecule has 1 saturated heterocycles. The lowest BCUT2D eigenvalue weighted by Gasteiger charge is -2.37. The molecule has 0 bridgehead atoms. The average Bonchev–Trinajstić information content (AvgIpc) is 2.88. The zero-order valence-electron chi connectivity index (χ0n) is 21.9. The quantitative estimate of drug-likeness (QED) is 0.236. The molecule has 0 radical (unpaired) electrons. The highest BCUT2D eigenvalue weighted by Gasteiger charge is 2.46. The Balaban J connectivity index is 1.91. The van der Waals surface area contributed by atoms with Gasteiger partial charge in [0, 0.05) is 30.6 Å². The standard InChI is InChI=1S/C27H34O12/c1-8-19(30)17(15-7-14(29)22(33)10(3)39-15)12-5-11-6-13(27(38-4)26(37)21(32)9(2)28)23(34)25(36)16(11)24(35)18(12)20(8)31/h5,9-10,13-15,21-23,27-35H,6-7H2,1-4H3. The van der Waals surface area contributed by atoms with Crippen LogP contribution >= 0.6 is 0 Å². The van der Waals surface area contributed by atoms with Gasteiger partial charge in [-0.2, -0.15) is 0 Å². The number of carbonyl (C=O) groups excluding carboxylic acids is 2. The van der Waals surface area contributed by atoms with Crippen molar-refractivity contribution in [1.82, 2.24) is 0 Å². The number of fused-ring (bicyclic) bond motifs is 2. The summed E-state index contributed by atoms with van der Waals surface area (Å²) in [6.45, 7) is 4.13. The largest absolute Gasteiger partial charge is 0.507 e. The third-order valence-corrected chi connectivity index (χ3v) is 7.95. The molecule has 9 unspecified atom stereocenters. The molecule has 0 spiro atoms. The van der Waals surface area contributed by atoms with E-state index in [1.807, 2.05) is 0 Å². The molecule has 2 aromatic rings. The van der Waals surface area contributed by atoms with Crippen LogP contribution in [-0.2, 0) is 20.7 Å². The molecule has 0 amide bonds. The number of aliphatic hydroxyl groups is 5. The van der Waals surface area contributed by atoms with Gasteiger partial charge in [-0.15, -0.1) is 0 Å². The van der Waals surface area contributed by atoms with Crippen LogP contribution in [0.2, 0.25) is 0 Å². The van der Waals surface area contributed by atoms with E-state index >= 15 is 0 Å². The zero-order chi connectivity index (χ0) is 29.1. The van der Waals surface area contributed by atoms with Crippen molar-refractivity contribution in [1.29, 1.82) is 0 Å². The van der Waals surface area contributed by atoms with E-state index in [0.29, 0.717) is 0 Å². The predicted octanol–water partition coefficient (Wildman–Crippen LogP) is -0.122. The molecule has 1 heterocycles. The van der Waals surface area contributed by atoms with Gasteiger partial charge in [0.2, 0.25) is 0 Å². The van der Waals surface area contributed by atoms with Gasteiger partial charge in [-0.05, 0) is 44.2 Å². The van der Waals surface area contributed by atoms with E-state index in [0.717, 1.165) is 7.11 Å². The van der Waals surface area contributed by atoms with Crippen LogP contribution in [0.15, 0.2) is 6.07 Å². The van der Waals surface area contributed by atoms with Gasteiger partial charge in [0.15, 0.2) is 11.6 Å². The van der Waals surface area contributed by atoms with Crippen LogP contribution in [0.3, 0.4) is 0 Å². The number of benzene rings is 2. The lowest BCUT2D eigenvalue weighted by atomic mass is 9.74. The minimum absolute atomic E-state index is 0.0246. The Bertz CT molecular complexity index is 1290. The van der Waals surface area contributed by atoms with Gasteiger partial charge < -0.3 is 50.3 Å². The van der Waals surface area contributed by atoms with Crippen LogP contribution in [0.1, 0.15) is 53.4 Å². The molecule has 2 aromatic carbocycles. The minimum atomic E-state index is -1.83. The number of phenols is 3. The highest BCUT2D eigenvalue weighted by atomic mass is 16.5. The Morgan fingerprint density at radius 2 is 1.74 bits per heavy atom. The van der Waals surface area contributed by atoms with Gasteiger partial charge in [-0.1, -0.05) is 0 Å². The van der Waals surface area contributed by atoms with E-state index in [9.17, 15) is 50.4 Å². The molecule has 1 aliphatic heterocycles. The van der Waals surface area contributed by atoms with Crippen LogP contribution in [-0.4, -0.2) is 102 Å². The SMILES string of the molecule is COC(C(=O)C(O)C(C)O)C1Cc2cc3c(C4CC(O)C(O)C(C)O4)c(O)c(C)c(O)c3c(O)c2C(=O)C1O. The highest BCUT2D eigenvalue weighted by Crippen LogP contribution is 2.51. The molecule has 8 N–H and O–H groups in total. The van der Waals surface area contributed by atoms with Crippen LogP contribution < -0.4 is 0 Å². The van der Waals surface area contributed by atoms with Crippen LogP contribution in [0.25, 0.3) is 10.8 Å². The van der Waals surface area contributed by atoms with Gasteiger partial charge in [0.05, 0.1) is 35.4 Å². The van der Waals surface area contributed by atoms with E-state index in [1.165, 1.54) is 19.9 Å². The van der Waals surface area contributed by atoms with Crippen LogP contribution in [0.4, 0.5) is 0 Å².